The largest absolute Gasteiger partial charge is 0.481 e. The lowest BCUT2D eigenvalue weighted by molar-refractivity contribution is -0.137. The van der Waals surface area contributed by atoms with Crippen molar-refractivity contribution < 1.29 is 14.3 Å². The van der Waals surface area contributed by atoms with Gasteiger partial charge < -0.3 is 9.52 Å². The molecular weight excluding hydrogens is 244 g/mol. The zero-order valence-corrected chi connectivity index (χ0v) is 11.0. The standard InChI is InChI=1S/C14H16N2O3/c1-9(2)10-3-5-11(6-4-10)14-16-15-12(19-14)7-8-13(17)18/h3-6,9H,7-8H2,1-2H3,(H,17,18). The molecule has 0 radical (unpaired) electrons. The van der Waals surface area contributed by atoms with Crippen molar-refractivity contribution in [2.24, 2.45) is 0 Å². The lowest BCUT2D eigenvalue weighted by atomic mass is 10.0. The number of aromatic nitrogens is 2. The number of hydrogen-bond acceptors (Lipinski definition) is 4. The van der Waals surface area contributed by atoms with Crippen LogP contribution in [0.5, 0.6) is 0 Å². The molecule has 1 heterocycles. The van der Waals surface area contributed by atoms with Crippen LogP contribution in [-0.2, 0) is 11.2 Å². The van der Waals surface area contributed by atoms with Gasteiger partial charge in [-0.05, 0) is 23.6 Å². The Hall–Kier alpha value is -2.17. The van der Waals surface area contributed by atoms with E-state index in [4.69, 9.17) is 9.52 Å². The van der Waals surface area contributed by atoms with Gasteiger partial charge in [0.25, 0.3) is 0 Å². The molecule has 0 bridgehead atoms. The van der Waals surface area contributed by atoms with Crippen molar-refractivity contribution in [3.8, 4) is 11.5 Å². The first kappa shape index (κ1) is 13.3. The molecule has 5 heteroatoms. The van der Waals surface area contributed by atoms with E-state index in [-0.39, 0.29) is 12.8 Å². The van der Waals surface area contributed by atoms with Gasteiger partial charge in [-0.3, -0.25) is 4.79 Å². The number of benzene rings is 1. The van der Waals surface area contributed by atoms with E-state index in [1.54, 1.807) is 0 Å². The highest BCUT2D eigenvalue weighted by atomic mass is 16.4. The quantitative estimate of drug-likeness (QED) is 0.894. The number of carboxylic acids is 1. The molecule has 0 aliphatic heterocycles. The molecule has 0 amide bonds. The van der Waals surface area contributed by atoms with Crippen LogP contribution in [0.15, 0.2) is 28.7 Å². The molecular formula is C14H16N2O3. The summed E-state index contributed by atoms with van der Waals surface area (Å²) in [5, 5.41) is 16.4. The molecule has 0 spiro atoms. The van der Waals surface area contributed by atoms with Crippen LogP contribution in [0.3, 0.4) is 0 Å². The van der Waals surface area contributed by atoms with Gasteiger partial charge in [0.1, 0.15) is 0 Å². The monoisotopic (exact) mass is 260 g/mol. The smallest absolute Gasteiger partial charge is 0.303 e. The van der Waals surface area contributed by atoms with Crippen LogP contribution in [0.4, 0.5) is 0 Å². The van der Waals surface area contributed by atoms with Crippen LogP contribution >= 0.6 is 0 Å². The first-order valence-electron chi connectivity index (χ1n) is 6.21. The van der Waals surface area contributed by atoms with E-state index in [1.807, 2.05) is 24.3 Å². The third kappa shape index (κ3) is 3.40. The first-order chi connectivity index (χ1) is 9.06. The van der Waals surface area contributed by atoms with Gasteiger partial charge in [-0.25, -0.2) is 0 Å². The summed E-state index contributed by atoms with van der Waals surface area (Å²) in [4.78, 5) is 10.5. The van der Waals surface area contributed by atoms with Gasteiger partial charge in [-0.15, -0.1) is 10.2 Å². The van der Waals surface area contributed by atoms with Crippen molar-refractivity contribution in [1.82, 2.24) is 10.2 Å². The van der Waals surface area contributed by atoms with Crippen LogP contribution in [0.1, 0.15) is 37.6 Å². The Morgan fingerprint density at radius 2 is 1.95 bits per heavy atom. The fourth-order valence-electron chi connectivity index (χ4n) is 1.70. The minimum atomic E-state index is -0.874. The van der Waals surface area contributed by atoms with E-state index < -0.39 is 5.97 Å². The Bertz CT molecular complexity index is 558. The molecule has 0 aliphatic carbocycles. The molecule has 1 aromatic heterocycles. The zero-order valence-electron chi connectivity index (χ0n) is 11.0. The summed E-state index contributed by atoms with van der Waals surface area (Å²) < 4.78 is 5.43. The maximum Gasteiger partial charge on any atom is 0.303 e. The number of aliphatic carboxylic acids is 1. The number of carboxylic acid groups (broad SMARTS) is 1. The summed E-state index contributed by atoms with van der Waals surface area (Å²) in [6.07, 6.45) is 0.250. The molecule has 1 N–H and O–H groups in total. The molecule has 100 valence electrons. The molecule has 0 unspecified atom stereocenters. The topological polar surface area (TPSA) is 76.2 Å². The van der Waals surface area contributed by atoms with Crippen molar-refractivity contribution in [3.05, 3.63) is 35.7 Å². The molecule has 0 atom stereocenters. The van der Waals surface area contributed by atoms with Gasteiger partial charge in [0.2, 0.25) is 11.8 Å². The molecule has 0 aliphatic rings. The molecule has 2 aromatic rings. The molecule has 0 saturated heterocycles. The van der Waals surface area contributed by atoms with E-state index in [0.717, 1.165) is 5.56 Å². The lowest BCUT2D eigenvalue weighted by Crippen LogP contribution is -1.97. The second-order valence-corrected chi connectivity index (χ2v) is 4.67. The van der Waals surface area contributed by atoms with Crippen LogP contribution in [0, 0.1) is 0 Å². The fourth-order valence-corrected chi connectivity index (χ4v) is 1.70. The minimum Gasteiger partial charge on any atom is -0.481 e. The highest BCUT2D eigenvalue weighted by Gasteiger charge is 2.10. The van der Waals surface area contributed by atoms with Gasteiger partial charge in [-0.2, -0.15) is 0 Å². The number of rotatable bonds is 5. The summed E-state index contributed by atoms with van der Waals surface area (Å²) in [6, 6.07) is 7.93. The third-order valence-electron chi connectivity index (χ3n) is 2.84. The third-order valence-corrected chi connectivity index (χ3v) is 2.84. The average molecular weight is 260 g/mol. The van der Waals surface area contributed by atoms with Crippen LogP contribution < -0.4 is 0 Å². The minimum absolute atomic E-state index is 0.00603. The van der Waals surface area contributed by atoms with Crippen molar-refractivity contribution in [3.63, 3.8) is 0 Å². The Labute approximate surface area is 111 Å². The summed E-state index contributed by atoms with van der Waals surface area (Å²) >= 11 is 0. The SMILES string of the molecule is CC(C)c1ccc(-c2nnc(CCC(=O)O)o2)cc1. The van der Waals surface area contributed by atoms with E-state index in [1.165, 1.54) is 5.56 Å². The van der Waals surface area contributed by atoms with E-state index >= 15 is 0 Å². The average Bonchev–Trinajstić information content (AvgIpc) is 2.85. The predicted molar refractivity (Wildman–Crippen MR) is 69.8 cm³/mol. The number of carbonyl (C=O) groups is 1. The van der Waals surface area contributed by atoms with Crippen LogP contribution in [-0.4, -0.2) is 21.3 Å². The van der Waals surface area contributed by atoms with E-state index in [9.17, 15) is 4.79 Å². The second kappa shape index (κ2) is 5.65. The highest BCUT2D eigenvalue weighted by molar-refractivity contribution is 5.66. The van der Waals surface area contributed by atoms with Gasteiger partial charge in [0.15, 0.2) is 0 Å². The van der Waals surface area contributed by atoms with Crippen molar-refractivity contribution in [2.75, 3.05) is 0 Å². The number of hydrogen-bond donors (Lipinski definition) is 1. The Morgan fingerprint density at radius 1 is 1.26 bits per heavy atom. The van der Waals surface area contributed by atoms with Crippen LogP contribution in [0.25, 0.3) is 11.5 Å². The molecule has 19 heavy (non-hydrogen) atoms. The Balaban J connectivity index is 2.11. The summed E-state index contributed by atoms with van der Waals surface area (Å²) in [5.74, 6) is 0.380. The molecule has 1 aromatic carbocycles. The maximum absolute atomic E-state index is 10.5. The van der Waals surface area contributed by atoms with Crippen molar-refractivity contribution >= 4 is 5.97 Å². The first-order valence-corrected chi connectivity index (χ1v) is 6.21. The summed E-state index contributed by atoms with van der Waals surface area (Å²) in [6.45, 7) is 4.26. The molecule has 2 rings (SSSR count). The van der Waals surface area contributed by atoms with Crippen molar-refractivity contribution in [1.29, 1.82) is 0 Å². The lowest BCUT2D eigenvalue weighted by Gasteiger charge is -2.04. The highest BCUT2D eigenvalue weighted by Crippen LogP contribution is 2.21. The van der Waals surface area contributed by atoms with Crippen LogP contribution in [0.2, 0.25) is 0 Å². The molecule has 0 fully saturated rings. The normalized spacial score (nSPS) is 10.9. The predicted octanol–water partition coefficient (Wildman–Crippen LogP) is 2.88. The van der Waals surface area contributed by atoms with Crippen molar-refractivity contribution in [2.45, 2.75) is 32.6 Å². The van der Waals surface area contributed by atoms with E-state index in [2.05, 4.69) is 24.0 Å². The van der Waals surface area contributed by atoms with Gasteiger partial charge in [-0.1, -0.05) is 26.0 Å². The number of aryl methyl sites for hydroxylation is 1. The van der Waals surface area contributed by atoms with Gasteiger partial charge >= 0.3 is 5.97 Å². The Kier molecular flexibility index (Phi) is 3.94. The Morgan fingerprint density at radius 3 is 2.53 bits per heavy atom. The maximum atomic E-state index is 10.5. The van der Waals surface area contributed by atoms with Gasteiger partial charge in [0.05, 0.1) is 6.42 Å². The van der Waals surface area contributed by atoms with Gasteiger partial charge in [0, 0.05) is 12.0 Å². The zero-order chi connectivity index (χ0) is 13.8. The summed E-state index contributed by atoms with van der Waals surface area (Å²) in [5.41, 5.74) is 2.09. The molecule has 0 saturated carbocycles. The second-order valence-electron chi connectivity index (χ2n) is 4.67. The molecule has 5 nitrogen and oxygen atoms in total. The van der Waals surface area contributed by atoms with E-state index in [0.29, 0.717) is 17.7 Å². The number of nitrogens with zero attached hydrogens (tertiary/aromatic N) is 2. The fraction of sp³-hybridized carbons (Fsp3) is 0.357. The summed E-state index contributed by atoms with van der Waals surface area (Å²) in [7, 11) is 0.